The van der Waals surface area contributed by atoms with Gasteiger partial charge in [-0.25, -0.2) is 4.98 Å². The minimum Gasteiger partial charge on any atom is -0.355 e. The van der Waals surface area contributed by atoms with E-state index in [0.29, 0.717) is 6.54 Å². The van der Waals surface area contributed by atoms with Gasteiger partial charge in [0.1, 0.15) is 5.82 Å². The number of nitrogens with zero attached hydrogens (tertiary/aromatic N) is 5. The summed E-state index contributed by atoms with van der Waals surface area (Å²) in [7, 11) is 1.90. The molecule has 2 aromatic rings. The van der Waals surface area contributed by atoms with Crippen molar-refractivity contribution in [3.63, 3.8) is 0 Å². The van der Waals surface area contributed by atoms with Gasteiger partial charge < -0.3 is 9.47 Å². The van der Waals surface area contributed by atoms with Gasteiger partial charge in [0, 0.05) is 44.1 Å². The van der Waals surface area contributed by atoms with Crippen molar-refractivity contribution in [2.75, 3.05) is 18.0 Å². The molecule has 0 N–H and O–H groups in total. The fourth-order valence-corrected chi connectivity index (χ4v) is 3.20. The SMILES string of the molecule is Cn1ccsc1=NC(=O)C1CCCN(c2cnccn2)C1. The normalized spacial score (nSPS) is 19.8. The van der Waals surface area contributed by atoms with Crippen LogP contribution in [-0.2, 0) is 11.8 Å². The second kappa shape index (κ2) is 6.17. The first-order chi connectivity index (χ1) is 10.2. The lowest BCUT2D eigenvalue weighted by Crippen LogP contribution is -2.39. The summed E-state index contributed by atoms with van der Waals surface area (Å²) in [5.41, 5.74) is 0. The summed E-state index contributed by atoms with van der Waals surface area (Å²) in [6.45, 7) is 1.57. The van der Waals surface area contributed by atoms with E-state index in [1.165, 1.54) is 11.3 Å². The zero-order valence-corrected chi connectivity index (χ0v) is 12.7. The van der Waals surface area contributed by atoms with Crippen LogP contribution in [0.2, 0.25) is 0 Å². The monoisotopic (exact) mass is 303 g/mol. The molecule has 1 amide bonds. The van der Waals surface area contributed by atoms with E-state index in [9.17, 15) is 4.79 Å². The third kappa shape index (κ3) is 3.18. The molecular weight excluding hydrogens is 286 g/mol. The van der Waals surface area contributed by atoms with Gasteiger partial charge in [0.25, 0.3) is 5.91 Å². The Hall–Kier alpha value is -2.02. The molecule has 0 radical (unpaired) electrons. The van der Waals surface area contributed by atoms with Crippen molar-refractivity contribution in [3.8, 4) is 0 Å². The second-order valence-electron chi connectivity index (χ2n) is 5.10. The lowest BCUT2D eigenvalue weighted by atomic mass is 9.97. The summed E-state index contributed by atoms with van der Waals surface area (Å²) in [4.78, 5) is 27.9. The molecule has 110 valence electrons. The van der Waals surface area contributed by atoms with Gasteiger partial charge in [-0.1, -0.05) is 0 Å². The molecule has 6 nitrogen and oxygen atoms in total. The van der Waals surface area contributed by atoms with E-state index in [4.69, 9.17) is 0 Å². The largest absolute Gasteiger partial charge is 0.355 e. The minimum absolute atomic E-state index is 0.0401. The van der Waals surface area contributed by atoms with Crippen LogP contribution in [0.15, 0.2) is 35.2 Å². The van der Waals surface area contributed by atoms with Crippen LogP contribution in [0, 0.1) is 5.92 Å². The summed E-state index contributed by atoms with van der Waals surface area (Å²) in [6.07, 6.45) is 8.83. The van der Waals surface area contributed by atoms with Crippen molar-refractivity contribution in [1.82, 2.24) is 14.5 Å². The van der Waals surface area contributed by atoms with Crippen LogP contribution < -0.4 is 9.70 Å². The Morgan fingerprint density at radius 2 is 2.38 bits per heavy atom. The fourth-order valence-electron chi connectivity index (χ4n) is 2.46. The molecule has 1 atom stereocenters. The third-order valence-electron chi connectivity index (χ3n) is 3.61. The fraction of sp³-hybridized carbons (Fsp3) is 0.429. The van der Waals surface area contributed by atoms with E-state index in [1.54, 1.807) is 18.6 Å². The number of thiazole rings is 1. The Morgan fingerprint density at radius 1 is 1.48 bits per heavy atom. The number of hydrogen-bond donors (Lipinski definition) is 0. The van der Waals surface area contributed by atoms with Gasteiger partial charge in [0.2, 0.25) is 0 Å². The maximum atomic E-state index is 12.4. The summed E-state index contributed by atoms with van der Waals surface area (Å²) < 4.78 is 1.87. The molecular formula is C14H17N5OS. The average Bonchev–Trinajstić information content (AvgIpc) is 2.93. The molecule has 0 bridgehead atoms. The maximum absolute atomic E-state index is 12.4. The number of rotatable bonds is 2. The van der Waals surface area contributed by atoms with Crippen LogP contribution >= 0.6 is 11.3 Å². The molecule has 7 heteroatoms. The van der Waals surface area contributed by atoms with E-state index >= 15 is 0 Å². The van der Waals surface area contributed by atoms with Gasteiger partial charge in [-0.2, -0.15) is 4.99 Å². The molecule has 2 aromatic heterocycles. The molecule has 0 aromatic carbocycles. The summed E-state index contributed by atoms with van der Waals surface area (Å²) in [5.74, 6) is 0.723. The molecule has 0 saturated carbocycles. The molecule has 3 heterocycles. The molecule has 1 fully saturated rings. The first-order valence-corrected chi connectivity index (χ1v) is 7.81. The van der Waals surface area contributed by atoms with Crippen LogP contribution in [0.3, 0.4) is 0 Å². The van der Waals surface area contributed by atoms with Gasteiger partial charge in [-0.3, -0.25) is 9.78 Å². The molecule has 3 rings (SSSR count). The van der Waals surface area contributed by atoms with Crippen LogP contribution in [0.1, 0.15) is 12.8 Å². The quantitative estimate of drug-likeness (QED) is 0.837. The number of carbonyl (C=O) groups is 1. The van der Waals surface area contributed by atoms with Crippen LogP contribution in [-0.4, -0.2) is 33.5 Å². The molecule has 0 spiro atoms. The summed E-state index contributed by atoms with van der Waals surface area (Å²) in [6, 6.07) is 0. The molecule has 0 aliphatic carbocycles. The van der Waals surface area contributed by atoms with E-state index in [-0.39, 0.29) is 11.8 Å². The van der Waals surface area contributed by atoms with Crippen LogP contribution in [0.25, 0.3) is 0 Å². The molecule has 1 unspecified atom stereocenters. The van der Waals surface area contributed by atoms with Crippen molar-refractivity contribution >= 4 is 23.1 Å². The number of carbonyl (C=O) groups excluding carboxylic acids is 1. The summed E-state index contributed by atoms with van der Waals surface area (Å²) >= 11 is 1.48. The van der Waals surface area contributed by atoms with E-state index in [2.05, 4.69) is 19.9 Å². The topological polar surface area (TPSA) is 63.4 Å². The Morgan fingerprint density at radius 3 is 3.10 bits per heavy atom. The van der Waals surface area contributed by atoms with Crippen molar-refractivity contribution in [2.24, 2.45) is 18.0 Å². The Bertz CT molecular complexity index is 678. The highest BCUT2D eigenvalue weighted by atomic mass is 32.1. The van der Waals surface area contributed by atoms with E-state index in [1.807, 2.05) is 23.2 Å². The first kappa shape index (κ1) is 13.9. The first-order valence-electron chi connectivity index (χ1n) is 6.93. The number of aryl methyl sites for hydroxylation is 1. The van der Waals surface area contributed by atoms with E-state index in [0.717, 1.165) is 30.0 Å². The van der Waals surface area contributed by atoms with Crippen molar-refractivity contribution in [2.45, 2.75) is 12.8 Å². The number of aromatic nitrogens is 3. The number of piperidine rings is 1. The van der Waals surface area contributed by atoms with Crippen LogP contribution in [0.4, 0.5) is 5.82 Å². The van der Waals surface area contributed by atoms with Gasteiger partial charge in [-0.05, 0) is 12.8 Å². The van der Waals surface area contributed by atoms with Gasteiger partial charge in [0.15, 0.2) is 4.80 Å². The van der Waals surface area contributed by atoms with Crippen LogP contribution in [0.5, 0.6) is 0 Å². The molecule has 1 aliphatic heterocycles. The van der Waals surface area contributed by atoms with Gasteiger partial charge in [0.05, 0.1) is 12.1 Å². The lowest BCUT2D eigenvalue weighted by Gasteiger charge is -2.31. The predicted molar refractivity (Wildman–Crippen MR) is 80.8 cm³/mol. The van der Waals surface area contributed by atoms with Gasteiger partial charge in [-0.15, -0.1) is 11.3 Å². The Labute approximate surface area is 126 Å². The van der Waals surface area contributed by atoms with Crippen molar-refractivity contribution in [3.05, 3.63) is 35.0 Å². The highest BCUT2D eigenvalue weighted by Gasteiger charge is 2.26. The maximum Gasteiger partial charge on any atom is 0.253 e. The van der Waals surface area contributed by atoms with Crippen molar-refractivity contribution < 1.29 is 4.79 Å². The Balaban J connectivity index is 1.75. The van der Waals surface area contributed by atoms with Crippen molar-refractivity contribution in [1.29, 1.82) is 0 Å². The van der Waals surface area contributed by atoms with Gasteiger partial charge >= 0.3 is 0 Å². The third-order valence-corrected chi connectivity index (χ3v) is 4.46. The standard InChI is InChI=1S/C14H17N5OS/c1-18-7-8-21-14(18)17-13(20)11-3-2-6-19(10-11)12-9-15-4-5-16-12/h4-5,7-9,11H,2-3,6,10H2,1H3. The number of anilines is 1. The predicted octanol–water partition coefficient (Wildman–Crippen LogP) is 1.22. The summed E-state index contributed by atoms with van der Waals surface area (Å²) in [5, 5.41) is 1.93. The molecule has 1 saturated heterocycles. The zero-order valence-electron chi connectivity index (χ0n) is 11.8. The lowest BCUT2D eigenvalue weighted by molar-refractivity contribution is -0.122. The number of hydrogen-bond acceptors (Lipinski definition) is 5. The minimum atomic E-state index is -0.0668. The molecule has 1 aliphatic rings. The molecule has 21 heavy (non-hydrogen) atoms. The highest BCUT2D eigenvalue weighted by molar-refractivity contribution is 7.07. The average molecular weight is 303 g/mol. The second-order valence-corrected chi connectivity index (χ2v) is 5.97. The zero-order chi connectivity index (χ0) is 14.7. The highest BCUT2D eigenvalue weighted by Crippen LogP contribution is 2.21. The Kier molecular flexibility index (Phi) is 4.10. The van der Waals surface area contributed by atoms with E-state index < -0.39 is 0 Å². The number of amides is 1. The smallest absolute Gasteiger partial charge is 0.253 e.